The fourth-order valence-electron chi connectivity index (χ4n) is 2.12. The lowest BCUT2D eigenvalue weighted by Crippen LogP contribution is -2.27. The van der Waals surface area contributed by atoms with E-state index in [4.69, 9.17) is 0 Å². The average molecular weight is 236 g/mol. The van der Waals surface area contributed by atoms with Crippen LogP contribution < -0.4 is 10.6 Å². The molecule has 1 heterocycles. The van der Waals surface area contributed by atoms with Gasteiger partial charge in [0.2, 0.25) is 5.91 Å². The lowest BCUT2D eigenvalue weighted by molar-refractivity contribution is -0.119. The molecular weight excluding hydrogens is 219 g/mol. The molecule has 0 fully saturated rings. The molecule has 1 atom stereocenters. The third kappa shape index (κ3) is 2.57. The zero-order chi connectivity index (χ0) is 12.4. The van der Waals surface area contributed by atoms with Gasteiger partial charge in [0.05, 0.1) is 17.3 Å². The van der Waals surface area contributed by atoms with Crippen LogP contribution in [0.5, 0.6) is 0 Å². The Balaban J connectivity index is 2.22. The van der Waals surface area contributed by atoms with Gasteiger partial charge in [-0.05, 0) is 24.5 Å². The molecule has 0 spiro atoms. The Bertz CT molecular complexity index is 431. The quantitative estimate of drug-likeness (QED) is 0.829. The Morgan fingerprint density at radius 3 is 2.94 bits per heavy atom. The summed E-state index contributed by atoms with van der Waals surface area (Å²) in [5.74, 6) is -0.0241. The molecule has 92 valence electrons. The number of hydrogen-bond donors (Lipinski definition) is 2. The number of carbonyl (C=O) groups excluding carboxylic acids is 1. The summed E-state index contributed by atoms with van der Waals surface area (Å²) in [6.07, 6.45) is 0.800. The number of halogens is 1. The number of benzene rings is 1. The zero-order valence-electron chi connectivity index (χ0n) is 10.1. The first-order valence-electron chi connectivity index (χ1n) is 5.91. The van der Waals surface area contributed by atoms with Crippen LogP contribution in [0.4, 0.5) is 15.8 Å². The zero-order valence-corrected chi connectivity index (χ0v) is 10.1. The molecule has 1 aliphatic rings. The van der Waals surface area contributed by atoms with Gasteiger partial charge in [0, 0.05) is 6.54 Å². The maximum atomic E-state index is 13.6. The molecule has 0 bridgehead atoms. The van der Waals surface area contributed by atoms with Gasteiger partial charge in [0.1, 0.15) is 5.82 Å². The molecule has 1 aliphatic heterocycles. The molecule has 2 N–H and O–H groups in total. The Morgan fingerprint density at radius 1 is 1.47 bits per heavy atom. The van der Waals surface area contributed by atoms with E-state index >= 15 is 0 Å². The van der Waals surface area contributed by atoms with Crippen molar-refractivity contribution in [1.82, 2.24) is 0 Å². The summed E-state index contributed by atoms with van der Waals surface area (Å²) in [4.78, 5) is 12.0. The normalized spacial score (nSPS) is 19.3. The number of nitrogens with one attached hydrogen (secondary N) is 2. The minimum absolute atomic E-state index is 0.0319. The van der Waals surface area contributed by atoms with Crippen molar-refractivity contribution < 1.29 is 9.18 Å². The number of carbonyl (C=O) groups is 1. The number of anilines is 2. The van der Waals surface area contributed by atoms with E-state index in [1.54, 1.807) is 12.1 Å². The van der Waals surface area contributed by atoms with Crippen molar-refractivity contribution in [2.45, 2.75) is 20.3 Å². The lowest BCUT2D eigenvalue weighted by Gasteiger charge is -2.15. The maximum Gasteiger partial charge on any atom is 0.229 e. The molecule has 1 amide bonds. The number of fused-ring (bicyclic) bond motifs is 1. The SMILES string of the molecule is CC(C)CC1CNc2c(F)cccc2NC1=O. The van der Waals surface area contributed by atoms with Crippen molar-refractivity contribution in [1.29, 1.82) is 0 Å². The second kappa shape index (κ2) is 4.73. The lowest BCUT2D eigenvalue weighted by atomic mass is 9.96. The standard InChI is InChI=1S/C13H17FN2O/c1-8(2)6-9-7-15-12-10(14)4-3-5-11(12)16-13(9)17/h3-5,8-9,15H,6-7H2,1-2H3,(H,16,17). The first-order chi connectivity index (χ1) is 8.08. The first-order valence-corrected chi connectivity index (χ1v) is 5.91. The number of amides is 1. The maximum absolute atomic E-state index is 13.6. The summed E-state index contributed by atoms with van der Waals surface area (Å²) in [5, 5.41) is 5.80. The molecule has 1 aromatic carbocycles. The second-order valence-electron chi connectivity index (χ2n) is 4.86. The molecule has 0 radical (unpaired) electrons. The van der Waals surface area contributed by atoms with Crippen molar-refractivity contribution >= 4 is 17.3 Å². The van der Waals surface area contributed by atoms with Crippen LogP contribution in [-0.2, 0) is 4.79 Å². The van der Waals surface area contributed by atoms with Crippen LogP contribution in [0.15, 0.2) is 18.2 Å². The Morgan fingerprint density at radius 2 is 2.24 bits per heavy atom. The van der Waals surface area contributed by atoms with Crippen LogP contribution >= 0.6 is 0 Å². The summed E-state index contributed by atoms with van der Waals surface area (Å²) in [7, 11) is 0. The minimum Gasteiger partial charge on any atom is -0.380 e. The highest BCUT2D eigenvalue weighted by Crippen LogP contribution is 2.29. The topological polar surface area (TPSA) is 41.1 Å². The highest BCUT2D eigenvalue weighted by atomic mass is 19.1. The van der Waals surface area contributed by atoms with Gasteiger partial charge in [-0.2, -0.15) is 0 Å². The number of rotatable bonds is 2. The van der Waals surface area contributed by atoms with Gasteiger partial charge in [-0.25, -0.2) is 4.39 Å². The van der Waals surface area contributed by atoms with Crippen molar-refractivity contribution in [2.75, 3.05) is 17.2 Å². The Kier molecular flexibility index (Phi) is 3.31. The van der Waals surface area contributed by atoms with Gasteiger partial charge in [-0.3, -0.25) is 4.79 Å². The molecule has 2 rings (SSSR count). The summed E-state index contributed by atoms with van der Waals surface area (Å²) in [5.41, 5.74) is 0.924. The fraction of sp³-hybridized carbons (Fsp3) is 0.462. The predicted molar refractivity (Wildman–Crippen MR) is 66.5 cm³/mol. The molecule has 17 heavy (non-hydrogen) atoms. The number of para-hydroxylation sites is 1. The average Bonchev–Trinajstić information content (AvgIpc) is 2.39. The molecule has 0 aromatic heterocycles. The van der Waals surface area contributed by atoms with Crippen molar-refractivity contribution in [2.24, 2.45) is 11.8 Å². The van der Waals surface area contributed by atoms with Gasteiger partial charge in [0.25, 0.3) is 0 Å². The summed E-state index contributed by atoms with van der Waals surface area (Å²) >= 11 is 0. The van der Waals surface area contributed by atoms with Crippen molar-refractivity contribution in [3.8, 4) is 0 Å². The molecule has 0 saturated heterocycles. The van der Waals surface area contributed by atoms with Crippen LogP contribution in [0.1, 0.15) is 20.3 Å². The highest BCUT2D eigenvalue weighted by Gasteiger charge is 2.25. The Labute approximate surface area is 100 Å². The summed E-state index contributed by atoms with van der Waals surface area (Å²) < 4.78 is 13.6. The highest BCUT2D eigenvalue weighted by molar-refractivity contribution is 5.97. The van der Waals surface area contributed by atoms with Gasteiger partial charge < -0.3 is 10.6 Å². The molecule has 1 unspecified atom stereocenters. The van der Waals surface area contributed by atoms with E-state index in [-0.39, 0.29) is 17.6 Å². The van der Waals surface area contributed by atoms with E-state index in [0.717, 1.165) is 6.42 Å². The summed E-state index contributed by atoms with van der Waals surface area (Å²) in [6.45, 7) is 4.63. The van der Waals surface area contributed by atoms with Gasteiger partial charge in [-0.15, -0.1) is 0 Å². The Hall–Kier alpha value is -1.58. The number of hydrogen-bond acceptors (Lipinski definition) is 2. The van der Waals surface area contributed by atoms with Crippen LogP contribution in [0, 0.1) is 17.7 Å². The smallest absolute Gasteiger partial charge is 0.229 e. The van der Waals surface area contributed by atoms with Crippen LogP contribution in [0.2, 0.25) is 0 Å². The first kappa shape index (κ1) is 11.9. The third-order valence-electron chi connectivity index (χ3n) is 2.92. The molecule has 0 aliphatic carbocycles. The largest absolute Gasteiger partial charge is 0.380 e. The molecular formula is C13H17FN2O. The van der Waals surface area contributed by atoms with Gasteiger partial charge in [0.15, 0.2) is 0 Å². The van der Waals surface area contributed by atoms with Gasteiger partial charge in [-0.1, -0.05) is 19.9 Å². The van der Waals surface area contributed by atoms with Gasteiger partial charge >= 0.3 is 0 Å². The minimum atomic E-state index is -0.326. The summed E-state index contributed by atoms with van der Waals surface area (Å²) in [6, 6.07) is 4.70. The fourth-order valence-corrected chi connectivity index (χ4v) is 2.12. The molecule has 3 nitrogen and oxygen atoms in total. The van der Waals surface area contributed by atoms with Crippen molar-refractivity contribution in [3.63, 3.8) is 0 Å². The van der Waals surface area contributed by atoms with E-state index < -0.39 is 0 Å². The molecule has 4 heteroatoms. The molecule has 0 saturated carbocycles. The van der Waals surface area contributed by atoms with E-state index in [1.165, 1.54) is 6.07 Å². The third-order valence-corrected chi connectivity index (χ3v) is 2.92. The second-order valence-corrected chi connectivity index (χ2v) is 4.86. The van der Waals surface area contributed by atoms with E-state index in [9.17, 15) is 9.18 Å². The van der Waals surface area contributed by atoms with E-state index in [0.29, 0.717) is 23.8 Å². The predicted octanol–water partition coefficient (Wildman–Crippen LogP) is 2.85. The molecule has 1 aromatic rings. The van der Waals surface area contributed by atoms with E-state index in [2.05, 4.69) is 24.5 Å². The van der Waals surface area contributed by atoms with E-state index in [1.807, 2.05) is 0 Å². The monoisotopic (exact) mass is 236 g/mol. The van der Waals surface area contributed by atoms with Crippen LogP contribution in [0.25, 0.3) is 0 Å². The van der Waals surface area contributed by atoms with Crippen molar-refractivity contribution in [3.05, 3.63) is 24.0 Å². The van der Waals surface area contributed by atoms with Crippen LogP contribution in [-0.4, -0.2) is 12.5 Å². The van der Waals surface area contributed by atoms with Crippen LogP contribution in [0.3, 0.4) is 0 Å².